The zero-order valence-corrected chi connectivity index (χ0v) is 17.0. The highest BCUT2D eigenvalue weighted by Gasteiger charge is 2.27. The van der Waals surface area contributed by atoms with Crippen LogP contribution in [0.5, 0.6) is 11.5 Å². The van der Waals surface area contributed by atoms with Crippen LogP contribution in [0.1, 0.15) is 6.42 Å². The Morgan fingerprint density at radius 3 is 2.59 bits per heavy atom. The van der Waals surface area contributed by atoms with Gasteiger partial charge in [0, 0.05) is 25.7 Å². The van der Waals surface area contributed by atoms with E-state index in [-0.39, 0.29) is 23.1 Å². The molecule has 1 unspecified atom stereocenters. The second-order valence-corrected chi connectivity index (χ2v) is 8.48. The Hall–Kier alpha value is -2.85. The van der Waals surface area contributed by atoms with E-state index in [0.29, 0.717) is 6.54 Å². The van der Waals surface area contributed by atoms with Crippen LogP contribution in [0.4, 0.5) is 11.4 Å². The Kier molecular flexibility index (Phi) is 6.23. The monoisotopic (exact) mass is 421 g/mol. The van der Waals surface area contributed by atoms with Crippen LogP contribution in [-0.2, 0) is 10.0 Å². The third-order valence-corrected chi connectivity index (χ3v) is 6.35. The van der Waals surface area contributed by atoms with E-state index in [4.69, 9.17) is 9.47 Å². The average molecular weight is 421 g/mol. The molecule has 0 aliphatic carbocycles. The molecule has 10 heteroatoms. The lowest BCUT2D eigenvalue weighted by Gasteiger charge is -2.21. The first-order valence-corrected chi connectivity index (χ1v) is 10.5. The maximum absolute atomic E-state index is 12.6. The van der Waals surface area contributed by atoms with Crippen molar-refractivity contribution in [2.75, 3.05) is 38.8 Å². The summed E-state index contributed by atoms with van der Waals surface area (Å²) in [7, 11) is -0.963. The van der Waals surface area contributed by atoms with Crippen molar-refractivity contribution in [3.63, 3.8) is 0 Å². The fourth-order valence-electron chi connectivity index (χ4n) is 3.40. The number of methoxy groups -OCH3 is 2. The first-order valence-electron chi connectivity index (χ1n) is 9.05. The summed E-state index contributed by atoms with van der Waals surface area (Å²) in [6, 6.07) is 11.3. The van der Waals surface area contributed by atoms with Gasteiger partial charge in [-0.2, -0.15) is 0 Å². The molecule has 2 aromatic rings. The first-order chi connectivity index (χ1) is 13.9. The lowest BCUT2D eigenvalue weighted by atomic mass is 10.1. The summed E-state index contributed by atoms with van der Waals surface area (Å²) in [5.74, 6) is 0.902. The fourth-order valence-corrected chi connectivity index (χ4v) is 4.54. The van der Waals surface area contributed by atoms with Gasteiger partial charge in [-0.3, -0.25) is 10.1 Å². The van der Waals surface area contributed by atoms with Gasteiger partial charge in [-0.05, 0) is 36.6 Å². The number of nitrogens with one attached hydrogen (secondary N) is 1. The zero-order valence-electron chi connectivity index (χ0n) is 16.2. The molecule has 156 valence electrons. The molecule has 1 heterocycles. The maximum Gasteiger partial charge on any atom is 0.312 e. The summed E-state index contributed by atoms with van der Waals surface area (Å²) in [5.41, 5.74) is 0.588. The third kappa shape index (κ3) is 4.60. The van der Waals surface area contributed by atoms with Crippen LogP contribution in [0.15, 0.2) is 47.4 Å². The van der Waals surface area contributed by atoms with Gasteiger partial charge in [-0.15, -0.1) is 0 Å². The molecule has 1 aliphatic rings. The van der Waals surface area contributed by atoms with Crippen LogP contribution >= 0.6 is 0 Å². The topological polar surface area (TPSA) is 111 Å². The lowest BCUT2D eigenvalue weighted by molar-refractivity contribution is -0.386. The van der Waals surface area contributed by atoms with Gasteiger partial charge < -0.3 is 14.4 Å². The number of ether oxygens (including phenoxy) is 2. The molecule has 0 bridgehead atoms. The smallest absolute Gasteiger partial charge is 0.312 e. The van der Waals surface area contributed by atoms with Gasteiger partial charge in [-0.25, -0.2) is 13.1 Å². The van der Waals surface area contributed by atoms with Crippen LogP contribution in [0.25, 0.3) is 0 Å². The summed E-state index contributed by atoms with van der Waals surface area (Å²) < 4.78 is 38.1. The Morgan fingerprint density at radius 1 is 1.17 bits per heavy atom. The summed E-state index contributed by atoms with van der Waals surface area (Å²) in [5, 5.41) is 11.1. The van der Waals surface area contributed by atoms with Crippen LogP contribution < -0.4 is 19.1 Å². The Morgan fingerprint density at radius 2 is 1.90 bits per heavy atom. The second kappa shape index (κ2) is 8.66. The molecular weight excluding hydrogens is 398 g/mol. The number of rotatable bonds is 8. The molecule has 0 saturated carbocycles. The minimum Gasteiger partial charge on any atom is -0.495 e. The molecule has 1 aliphatic heterocycles. The normalized spacial score (nSPS) is 16.6. The molecule has 29 heavy (non-hydrogen) atoms. The molecular formula is C19H23N3O6S. The van der Waals surface area contributed by atoms with E-state index in [1.165, 1.54) is 19.2 Å². The third-order valence-electron chi connectivity index (χ3n) is 4.93. The molecule has 3 rings (SSSR count). The molecule has 2 aromatic carbocycles. The van der Waals surface area contributed by atoms with Crippen LogP contribution in [-0.4, -0.2) is 47.2 Å². The van der Waals surface area contributed by atoms with E-state index in [2.05, 4.69) is 9.62 Å². The van der Waals surface area contributed by atoms with E-state index in [0.717, 1.165) is 30.5 Å². The second-order valence-electron chi connectivity index (χ2n) is 6.72. The van der Waals surface area contributed by atoms with Gasteiger partial charge >= 0.3 is 5.69 Å². The molecule has 0 aromatic heterocycles. The van der Waals surface area contributed by atoms with E-state index in [1.54, 1.807) is 7.11 Å². The molecule has 1 N–H and O–H groups in total. The van der Waals surface area contributed by atoms with Crippen molar-refractivity contribution in [2.45, 2.75) is 11.3 Å². The highest BCUT2D eigenvalue weighted by Crippen LogP contribution is 2.32. The predicted molar refractivity (Wildman–Crippen MR) is 108 cm³/mol. The molecule has 0 spiro atoms. The summed E-state index contributed by atoms with van der Waals surface area (Å²) in [4.78, 5) is 12.5. The van der Waals surface area contributed by atoms with E-state index in [1.807, 2.05) is 24.3 Å². The van der Waals surface area contributed by atoms with Crippen molar-refractivity contribution >= 4 is 21.4 Å². The molecule has 1 fully saturated rings. The minimum atomic E-state index is -3.88. The Labute approximate surface area is 169 Å². The number of nitrogens with zero attached hydrogens (tertiary/aromatic N) is 2. The number of hydrogen-bond donors (Lipinski definition) is 1. The Bertz CT molecular complexity index is 995. The van der Waals surface area contributed by atoms with Crippen molar-refractivity contribution in [3.05, 3.63) is 52.6 Å². The van der Waals surface area contributed by atoms with Crippen LogP contribution in [0, 0.1) is 16.0 Å². The van der Waals surface area contributed by atoms with E-state index < -0.39 is 20.6 Å². The zero-order chi connectivity index (χ0) is 21.0. The molecule has 0 radical (unpaired) electrons. The number of anilines is 1. The number of sulfonamides is 1. The van der Waals surface area contributed by atoms with Gasteiger partial charge in [0.15, 0.2) is 5.75 Å². The van der Waals surface area contributed by atoms with Crippen LogP contribution in [0.3, 0.4) is 0 Å². The van der Waals surface area contributed by atoms with Crippen molar-refractivity contribution in [1.29, 1.82) is 0 Å². The van der Waals surface area contributed by atoms with Gasteiger partial charge in [0.1, 0.15) is 5.75 Å². The van der Waals surface area contributed by atoms with Gasteiger partial charge in [0.2, 0.25) is 10.0 Å². The predicted octanol–water partition coefficient (Wildman–Crippen LogP) is 2.42. The number of hydrogen-bond acceptors (Lipinski definition) is 7. The standard InChI is InChI=1S/C19H23N3O6S/c1-27-18-6-4-3-5-16(18)21-10-9-14(13-21)12-20-29(25,26)15-7-8-19(28-2)17(11-15)22(23)24/h3-8,11,14,20H,9-10,12-13H2,1-2H3. The summed E-state index contributed by atoms with van der Waals surface area (Å²) >= 11 is 0. The van der Waals surface area contributed by atoms with Crippen molar-refractivity contribution < 1.29 is 22.8 Å². The van der Waals surface area contributed by atoms with Crippen molar-refractivity contribution in [2.24, 2.45) is 5.92 Å². The molecule has 9 nitrogen and oxygen atoms in total. The number of nitro groups is 1. The van der Waals surface area contributed by atoms with Gasteiger partial charge in [0.05, 0.1) is 29.7 Å². The fraction of sp³-hybridized carbons (Fsp3) is 0.368. The first kappa shape index (κ1) is 20.9. The summed E-state index contributed by atoms with van der Waals surface area (Å²) in [6.07, 6.45) is 0.823. The number of para-hydroxylation sites is 2. The van der Waals surface area contributed by atoms with E-state index >= 15 is 0 Å². The molecule has 1 atom stereocenters. The van der Waals surface area contributed by atoms with Gasteiger partial charge in [-0.1, -0.05) is 12.1 Å². The average Bonchev–Trinajstić information content (AvgIpc) is 3.20. The SMILES string of the molecule is COc1ccccc1N1CCC(CNS(=O)(=O)c2ccc(OC)c([N+](=O)[O-])c2)C1. The number of nitro benzene ring substituents is 1. The van der Waals surface area contributed by atoms with Crippen molar-refractivity contribution in [3.8, 4) is 11.5 Å². The lowest BCUT2D eigenvalue weighted by Crippen LogP contribution is -2.31. The summed E-state index contributed by atoms with van der Waals surface area (Å²) in [6.45, 7) is 1.72. The van der Waals surface area contributed by atoms with E-state index in [9.17, 15) is 18.5 Å². The van der Waals surface area contributed by atoms with Gasteiger partial charge in [0.25, 0.3) is 0 Å². The highest BCUT2D eigenvalue weighted by atomic mass is 32.2. The molecule has 0 amide bonds. The maximum atomic E-state index is 12.6. The molecule has 1 saturated heterocycles. The quantitative estimate of drug-likeness (QED) is 0.515. The van der Waals surface area contributed by atoms with Crippen LogP contribution in [0.2, 0.25) is 0 Å². The Balaban J connectivity index is 1.67. The number of benzene rings is 2. The minimum absolute atomic E-state index is 0.0113. The highest BCUT2D eigenvalue weighted by molar-refractivity contribution is 7.89. The van der Waals surface area contributed by atoms with Crippen molar-refractivity contribution in [1.82, 2.24) is 4.72 Å². The largest absolute Gasteiger partial charge is 0.495 e.